The molecule has 0 aromatic carbocycles. The predicted octanol–water partition coefficient (Wildman–Crippen LogP) is 3.28. The molecule has 0 radical (unpaired) electrons. The molecule has 1 aliphatic rings. The molecule has 18 heavy (non-hydrogen) atoms. The van der Waals surface area contributed by atoms with Gasteiger partial charge in [-0.2, -0.15) is 5.10 Å². The first-order chi connectivity index (χ1) is 8.41. The molecular weight excluding hydrogens is 242 g/mol. The van der Waals surface area contributed by atoms with Crippen LogP contribution in [0.3, 0.4) is 0 Å². The molecule has 0 fully saturated rings. The third kappa shape index (κ3) is 4.26. The van der Waals surface area contributed by atoms with Crippen LogP contribution in [0.2, 0.25) is 0 Å². The number of nitrogens with two attached hydrogens (primary N) is 1. The number of nitrogens with zero attached hydrogens (tertiary/aromatic N) is 1. The summed E-state index contributed by atoms with van der Waals surface area (Å²) in [5.41, 5.74) is 13.3. The SMILES string of the molecule is C=C(C)[C@H]1CCC(C)=C1CC/C(C)=N\NC(N)=S. The summed E-state index contributed by atoms with van der Waals surface area (Å²) in [5.74, 6) is 0.571. The van der Waals surface area contributed by atoms with E-state index in [-0.39, 0.29) is 5.11 Å². The highest BCUT2D eigenvalue weighted by Crippen LogP contribution is 2.38. The summed E-state index contributed by atoms with van der Waals surface area (Å²) < 4.78 is 0. The van der Waals surface area contributed by atoms with Gasteiger partial charge >= 0.3 is 0 Å². The standard InChI is InChI=1S/C14H23N3S/c1-9(2)12-7-5-10(3)13(12)8-6-11(4)16-17-14(15)18/h12H,1,5-8H2,2-4H3,(H3,15,17,18)/b16-11-/t12-/m1/s1. The van der Waals surface area contributed by atoms with Gasteiger partial charge in [0, 0.05) is 11.6 Å². The highest BCUT2D eigenvalue weighted by molar-refractivity contribution is 7.80. The maximum Gasteiger partial charge on any atom is 0.184 e. The zero-order valence-electron chi connectivity index (χ0n) is 11.5. The lowest BCUT2D eigenvalue weighted by molar-refractivity contribution is 0.675. The smallest absolute Gasteiger partial charge is 0.184 e. The third-order valence-corrected chi connectivity index (χ3v) is 3.58. The van der Waals surface area contributed by atoms with E-state index in [2.05, 4.69) is 31.0 Å². The molecule has 0 aromatic heterocycles. The molecule has 1 atom stereocenters. The fraction of sp³-hybridized carbons (Fsp3) is 0.571. The monoisotopic (exact) mass is 265 g/mol. The molecule has 0 amide bonds. The first-order valence-electron chi connectivity index (χ1n) is 6.34. The van der Waals surface area contributed by atoms with Crippen LogP contribution in [-0.2, 0) is 0 Å². The molecule has 1 aliphatic carbocycles. The van der Waals surface area contributed by atoms with Gasteiger partial charge in [0.25, 0.3) is 0 Å². The molecule has 3 nitrogen and oxygen atoms in total. The van der Waals surface area contributed by atoms with E-state index in [0.29, 0.717) is 5.92 Å². The minimum absolute atomic E-state index is 0.213. The summed E-state index contributed by atoms with van der Waals surface area (Å²) in [7, 11) is 0. The van der Waals surface area contributed by atoms with Gasteiger partial charge in [-0.3, -0.25) is 5.43 Å². The summed E-state index contributed by atoms with van der Waals surface area (Å²) in [6, 6.07) is 0. The predicted molar refractivity (Wildman–Crippen MR) is 82.5 cm³/mol. The van der Waals surface area contributed by atoms with Crippen molar-refractivity contribution in [3.05, 3.63) is 23.3 Å². The van der Waals surface area contributed by atoms with Crippen molar-refractivity contribution in [3.63, 3.8) is 0 Å². The van der Waals surface area contributed by atoms with Gasteiger partial charge in [-0.25, -0.2) is 0 Å². The summed E-state index contributed by atoms with van der Waals surface area (Å²) in [6.45, 7) is 10.4. The normalized spacial score (nSPS) is 20.2. The summed E-state index contributed by atoms with van der Waals surface area (Å²) in [4.78, 5) is 0. The maximum atomic E-state index is 5.34. The van der Waals surface area contributed by atoms with E-state index in [1.807, 2.05) is 6.92 Å². The molecule has 4 heteroatoms. The van der Waals surface area contributed by atoms with Crippen LogP contribution in [0.4, 0.5) is 0 Å². The van der Waals surface area contributed by atoms with Gasteiger partial charge in [-0.1, -0.05) is 23.3 Å². The Morgan fingerprint density at radius 3 is 2.78 bits per heavy atom. The van der Waals surface area contributed by atoms with Gasteiger partial charge in [0.15, 0.2) is 5.11 Å². The van der Waals surface area contributed by atoms with Crippen LogP contribution < -0.4 is 11.2 Å². The topological polar surface area (TPSA) is 50.4 Å². The molecule has 100 valence electrons. The average molecular weight is 265 g/mol. The average Bonchev–Trinajstić information content (AvgIpc) is 2.65. The minimum atomic E-state index is 0.213. The largest absolute Gasteiger partial charge is 0.375 e. The zero-order valence-corrected chi connectivity index (χ0v) is 12.4. The quantitative estimate of drug-likeness (QED) is 0.347. The Bertz CT molecular complexity index is 407. The van der Waals surface area contributed by atoms with Crippen molar-refractivity contribution in [1.29, 1.82) is 0 Å². The van der Waals surface area contributed by atoms with Crippen LogP contribution in [0.5, 0.6) is 0 Å². The van der Waals surface area contributed by atoms with Crippen LogP contribution in [0.15, 0.2) is 28.4 Å². The molecule has 0 bridgehead atoms. The van der Waals surface area contributed by atoms with Crippen molar-refractivity contribution in [3.8, 4) is 0 Å². The number of hydrazone groups is 1. The fourth-order valence-corrected chi connectivity index (χ4v) is 2.49. The zero-order chi connectivity index (χ0) is 13.7. The van der Waals surface area contributed by atoms with E-state index < -0.39 is 0 Å². The van der Waals surface area contributed by atoms with Crippen LogP contribution in [0, 0.1) is 5.92 Å². The molecule has 0 spiro atoms. The van der Waals surface area contributed by atoms with Crippen molar-refractivity contribution >= 4 is 23.0 Å². The number of hydrogen-bond acceptors (Lipinski definition) is 2. The molecule has 0 saturated heterocycles. The highest BCUT2D eigenvalue weighted by Gasteiger charge is 2.23. The molecule has 0 saturated carbocycles. The van der Waals surface area contributed by atoms with Crippen LogP contribution in [0.25, 0.3) is 0 Å². The van der Waals surface area contributed by atoms with Crippen molar-refractivity contribution < 1.29 is 0 Å². The Balaban J connectivity index is 2.57. The Morgan fingerprint density at radius 1 is 1.56 bits per heavy atom. The number of thiocarbonyl (C=S) groups is 1. The molecule has 1 rings (SSSR count). The number of hydrogen-bond donors (Lipinski definition) is 2. The highest BCUT2D eigenvalue weighted by atomic mass is 32.1. The summed E-state index contributed by atoms with van der Waals surface area (Å²) in [5, 5.41) is 4.35. The number of allylic oxidation sites excluding steroid dienone is 3. The van der Waals surface area contributed by atoms with Crippen molar-refractivity contribution in [1.82, 2.24) is 5.43 Å². The van der Waals surface area contributed by atoms with Gasteiger partial charge in [0.1, 0.15) is 0 Å². The van der Waals surface area contributed by atoms with E-state index in [0.717, 1.165) is 18.6 Å². The molecular formula is C14H23N3S. The summed E-state index contributed by atoms with van der Waals surface area (Å²) in [6.07, 6.45) is 4.41. The van der Waals surface area contributed by atoms with E-state index in [1.165, 1.54) is 24.0 Å². The Morgan fingerprint density at radius 2 is 2.22 bits per heavy atom. The van der Waals surface area contributed by atoms with E-state index in [1.54, 1.807) is 5.57 Å². The second kappa shape index (κ2) is 6.69. The summed E-state index contributed by atoms with van der Waals surface area (Å²) >= 11 is 4.72. The van der Waals surface area contributed by atoms with Crippen molar-refractivity contribution in [2.45, 2.75) is 46.5 Å². The van der Waals surface area contributed by atoms with Gasteiger partial charge in [0.05, 0.1) is 0 Å². The lowest BCUT2D eigenvalue weighted by atomic mass is 9.90. The minimum Gasteiger partial charge on any atom is -0.375 e. The Hall–Kier alpha value is -1.16. The van der Waals surface area contributed by atoms with Crippen LogP contribution >= 0.6 is 12.2 Å². The van der Waals surface area contributed by atoms with Crippen molar-refractivity contribution in [2.24, 2.45) is 16.8 Å². The molecule has 0 unspecified atom stereocenters. The van der Waals surface area contributed by atoms with E-state index in [9.17, 15) is 0 Å². The van der Waals surface area contributed by atoms with Gasteiger partial charge < -0.3 is 5.73 Å². The second-order valence-electron chi connectivity index (χ2n) is 5.07. The van der Waals surface area contributed by atoms with E-state index >= 15 is 0 Å². The van der Waals surface area contributed by atoms with Crippen molar-refractivity contribution in [2.75, 3.05) is 0 Å². The maximum absolute atomic E-state index is 5.34. The molecule has 0 aromatic rings. The van der Waals surface area contributed by atoms with Gasteiger partial charge in [-0.15, -0.1) is 0 Å². The second-order valence-corrected chi connectivity index (χ2v) is 5.51. The van der Waals surface area contributed by atoms with Crippen LogP contribution in [-0.4, -0.2) is 10.8 Å². The Labute approximate surface area is 115 Å². The lowest BCUT2D eigenvalue weighted by Crippen LogP contribution is -2.25. The molecule has 0 heterocycles. The molecule has 0 aliphatic heterocycles. The van der Waals surface area contributed by atoms with Gasteiger partial charge in [-0.05, 0) is 58.7 Å². The van der Waals surface area contributed by atoms with Gasteiger partial charge in [0.2, 0.25) is 0 Å². The third-order valence-electron chi connectivity index (χ3n) is 3.48. The first-order valence-corrected chi connectivity index (χ1v) is 6.75. The number of rotatable bonds is 5. The Kier molecular flexibility index (Phi) is 5.54. The number of nitrogens with one attached hydrogen (secondary N) is 1. The first kappa shape index (κ1) is 14.9. The van der Waals surface area contributed by atoms with E-state index in [4.69, 9.17) is 18.0 Å². The fourth-order valence-electron chi connectivity index (χ4n) is 2.45. The molecule has 3 N–H and O–H groups in total. The lowest BCUT2D eigenvalue weighted by Gasteiger charge is -2.15. The van der Waals surface area contributed by atoms with Crippen LogP contribution in [0.1, 0.15) is 46.5 Å².